The van der Waals surface area contributed by atoms with Crippen molar-refractivity contribution < 1.29 is 14.0 Å². The molecule has 2 rings (SSSR count). The minimum atomic E-state index is -0.266. The van der Waals surface area contributed by atoms with Crippen LogP contribution in [0.1, 0.15) is 19.1 Å². The van der Waals surface area contributed by atoms with Crippen LogP contribution in [0.5, 0.6) is 0 Å². The monoisotopic (exact) mass is 343 g/mol. The molecule has 2 aromatic rings. The van der Waals surface area contributed by atoms with Crippen LogP contribution in [0, 0.1) is 0 Å². The highest BCUT2D eigenvalue weighted by molar-refractivity contribution is 7.80. The van der Waals surface area contributed by atoms with Crippen molar-refractivity contribution in [3.8, 4) is 0 Å². The Morgan fingerprint density at radius 2 is 1.79 bits per heavy atom. The molecule has 0 spiro atoms. The van der Waals surface area contributed by atoms with Gasteiger partial charge in [-0.2, -0.15) is 0 Å². The van der Waals surface area contributed by atoms with Crippen molar-refractivity contribution >= 4 is 46.6 Å². The van der Waals surface area contributed by atoms with E-state index in [-0.39, 0.29) is 16.9 Å². The summed E-state index contributed by atoms with van der Waals surface area (Å²) in [4.78, 5) is 23.0. The van der Waals surface area contributed by atoms with E-state index in [4.69, 9.17) is 16.6 Å². The van der Waals surface area contributed by atoms with E-state index in [0.717, 1.165) is 0 Å². The first-order valence-corrected chi connectivity index (χ1v) is 7.71. The van der Waals surface area contributed by atoms with Gasteiger partial charge in [0.1, 0.15) is 5.76 Å². The predicted molar refractivity (Wildman–Crippen MR) is 97.5 cm³/mol. The van der Waals surface area contributed by atoms with Crippen LogP contribution in [-0.2, 0) is 9.59 Å². The summed E-state index contributed by atoms with van der Waals surface area (Å²) in [6.07, 6.45) is 4.87. The zero-order valence-electron chi connectivity index (χ0n) is 13.0. The summed E-state index contributed by atoms with van der Waals surface area (Å²) in [5.74, 6) is 0.185. The smallest absolute Gasteiger partial charge is 0.248 e. The summed E-state index contributed by atoms with van der Waals surface area (Å²) in [7, 11) is 0. The standard InChI is InChI=1S/C17H17N3O3S/c1-2-15(21)20-17(24)19-13-7-5-12(6-8-13)18-16(22)10-9-14-4-3-11-23-14/h3-11H,2H2,1H3,(H,18,22)(H2,19,20,21,24)/b10-9+. The van der Waals surface area contributed by atoms with Crippen LogP contribution in [0.2, 0.25) is 0 Å². The van der Waals surface area contributed by atoms with E-state index in [2.05, 4.69) is 16.0 Å². The van der Waals surface area contributed by atoms with Gasteiger partial charge in [0.2, 0.25) is 11.8 Å². The second kappa shape index (κ2) is 8.64. The molecule has 7 heteroatoms. The third-order valence-corrected chi connectivity index (χ3v) is 3.13. The highest BCUT2D eigenvalue weighted by atomic mass is 32.1. The molecule has 0 bridgehead atoms. The molecular formula is C17H17N3O3S. The number of hydrogen-bond acceptors (Lipinski definition) is 4. The van der Waals surface area contributed by atoms with E-state index in [1.165, 1.54) is 12.3 Å². The van der Waals surface area contributed by atoms with E-state index in [1.54, 1.807) is 49.4 Å². The molecule has 124 valence electrons. The van der Waals surface area contributed by atoms with Crippen molar-refractivity contribution in [1.82, 2.24) is 5.32 Å². The molecule has 0 atom stereocenters. The number of anilines is 2. The van der Waals surface area contributed by atoms with E-state index in [9.17, 15) is 9.59 Å². The topological polar surface area (TPSA) is 83.4 Å². The molecule has 0 aliphatic heterocycles. The number of thiocarbonyl (C=S) groups is 1. The first kappa shape index (κ1) is 17.4. The Hall–Kier alpha value is -2.93. The zero-order chi connectivity index (χ0) is 17.4. The maximum Gasteiger partial charge on any atom is 0.248 e. The maximum atomic E-state index is 11.8. The van der Waals surface area contributed by atoms with Gasteiger partial charge in [0, 0.05) is 23.9 Å². The molecule has 0 fully saturated rings. The molecule has 0 saturated carbocycles. The lowest BCUT2D eigenvalue weighted by atomic mass is 10.2. The highest BCUT2D eigenvalue weighted by Gasteiger charge is 2.03. The van der Waals surface area contributed by atoms with Crippen molar-refractivity contribution in [1.29, 1.82) is 0 Å². The Kier molecular flexibility index (Phi) is 6.27. The second-order valence-electron chi connectivity index (χ2n) is 4.77. The van der Waals surface area contributed by atoms with Gasteiger partial charge in [-0.05, 0) is 54.7 Å². The van der Waals surface area contributed by atoms with E-state index in [0.29, 0.717) is 23.6 Å². The maximum absolute atomic E-state index is 11.8. The molecule has 1 heterocycles. The molecule has 6 nitrogen and oxygen atoms in total. The van der Waals surface area contributed by atoms with Crippen LogP contribution in [0.3, 0.4) is 0 Å². The zero-order valence-corrected chi connectivity index (χ0v) is 13.9. The minimum absolute atomic E-state index is 0.153. The molecule has 1 aromatic carbocycles. The number of furan rings is 1. The SMILES string of the molecule is CCC(=O)NC(=S)Nc1ccc(NC(=O)/C=C/c2ccco2)cc1. The Morgan fingerprint density at radius 1 is 1.12 bits per heavy atom. The first-order chi connectivity index (χ1) is 11.6. The summed E-state index contributed by atoms with van der Waals surface area (Å²) < 4.78 is 5.11. The van der Waals surface area contributed by atoms with E-state index < -0.39 is 0 Å². The van der Waals surface area contributed by atoms with E-state index >= 15 is 0 Å². The van der Waals surface area contributed by atoms with Crippen LogP contribution in [0.25, 0.3) is 6.08 Å². The van der Waals surface area contributed by atoms with Gasteiger partial charge < -0.3 is 20.4 Å². The van der Waals surface area contributed by atoms with Gasteiger partial charge in [0.05, 0.1) is 6.26 Å². The van der Waals surface area contributed by atoms with Crippen LogP contribution < -0.4 is 16.0 Å². The molecular weight excluding hydrogens is 326 g/mol. The highest BCUT2D eigenvalue weighted by Crippen LogP contribution is 2.13. The summed E-state index contributed by atoms with van der Waals surface area (Å²) in [6, 6.07) is 10.4. The second-order valence-corrected chi connectivity index (χ2v) is 5.18. The van der Waals surface area contributed by atoms with Gasteiger partial charge in [0.25, 0.3) is 0 Å². The fraction of sp³-hybridized carbons (Fsp3) is 0.118. The summed E-state index contributed by atoms with van der Waals surface area (Å²) in [6.45, 7) is 1.75. The normalized spacial score (nSPS) is 10.4. The molecule has 24 heavy (non-hydrogen) atoms. The van der Waals surface area contributed by atoms with Crippen molar-refractivity contribution in [2.75, 3.05) is 10.6 Å². The quantitative estimate of drug-likeness (QED) is 0.574. The number of rotatable bonds is 5. The molecule has 0 saturated heterocycles. The third kappa shape index (κ3) is 5.69. The van der Waals surface area contributed by atoms with Crippen molar-refractivity contribution in [2.45, 2.75) is 13.3 Å². The number of carbonyl (C=O) groups excluding carboxylic acids is 2. The minimum Gasteiger partial charge on any atom is -0.465 e. The average molecular weight is 343 g/mol. The number of carbonyl (C=O) groups is 2. The Bertz CT molecular complexity index is 737. The number of nitrogens with one attached hydrogen (secondary N) is 3. The summed E-state index contributed by atoms with van der Waals surface area (Å²) >= 11 is 5.02. The number of hydrogen-bond donors (Lipinski definition) is 3. The van der Waals surface area contributed by atoms with Gasteiger partial charge in [0.15, 0.2) is 5.11 Å². The summed E-state index contributed by atoms with van der Waals surface area (Å²) in [5.41, 5.74) is 1.35. The molecule has 0 aliphatic carbocycles. The largest absolute Gasteiger partial charge is 0.465 e. The van der Waals surface area contributed by atoms with Crippen LogP contribution in [0.15, 0.2) is 53.2 Å². The average Bonchev–Trinajstić information content (AvgIpc) is 3.08. The predicted octanol–water partition coefficient (Wildman–Crippen LogP) is 3.15. The third-order valence-electron chi connectivity index (χ3n) is 2.93. The molecule has 2 amide bonds. The first-order valence-electron chi connectivity index (χ1n) is 7.30. The van der Waals surface area contributed by atoms with E-state index in [1.807, 2.05) is 0 Å². The van der Waals surface area contributed by atoms with Crippen LogP contribution >= 0.6 is 12.2 Å². The lowest BCUT2D eigenvalue weighted by molar-refractivity contribution is -0.119. The van der Waals surface area contributed by atoms with Crippen molar-refractivity contribution in [2.24, 2.45) is 0 Å². The number of benzene rings is 1. The van der Waals surface area contributed by atoms with Crippen LogP contribution in [0.4, 0.5) is 11.4 Å². The molecule has 0 radical (unpaired) electrons. The lowest BCUT2D eigenvalue weighted by Crippen LogP contribution is -2.33. The Balaban J connectivity index is 1.86. The van der Waals surface area contributed by atoms with Gasteiger partial charge in [-0.15, -0.1) is 0 Å². The molecule has 0 aliphatic rings. The molecule has 1 aromatic heterocycles. The van der Waals surface area contributed by atoms with Crippen molar-refractivity contribution in [3.05, 3.63) is 54.5 Å². The number of amides is 2. The van der Waals surface area contributed by atoms with Crippen LogP contribution in [-0.4, -0.2) is 16.9 Å². The van der Waals surface area contributed by atoms with Gasteiger partial charge in [-0.3, -0.25) is 9.59 Å². The Morgan fingerprint density at radius 3 is 2.38 bits per heavy atom. The fourth-order valence-electron chi connectivity index (χ4n) is 1.74. The fourth-order valence-corrected chi connectivity index (χ4v) is 1.97. The molecule has 0 unspecified atom stereocenters. The summed E-state index contributed by atoms with van der Waals surface area (Å²) in [5, 5.41) is 8.40. The Labute approximate surface area is 144 Å². The van der Waals surface area contributed by atoms with Gasteiger partial charge >= 0.3 is 0 Å². The van der Waals surface area contributed by atoms with Gasteiger partial charge in [-0.25, -0.2) is 0 Å². The van der Waals surface area contributed by atoms with Crippen molar-refractivity contribution in [3.63, 3.8) is 0 Å². The lowest BCUT2D eigenvalue weighted by Gasteiger charge is -2.09. The van der Waals surface area contributed by atoms with Gasteiger partial charge in [-0.1, -0.05) is 6.92 Å². The molecule has 3 N–H and O–H groups in total.